The highest BCUT2D eigenvalue weighted by Gasteiger charge is 2.34. The van der Waals surface area contributed by atoms with Crippen LogP contribution in [0.5, 0.6) is 0 Å². The van der Waals surface area contributed by atoms with Crippen molar-refractivity contribution in [3.05, 3.63) is 0 Å². The summed E-state index contributed by atoms with van der Waals surface area (Å²) in [6, 6.07) is 1.62. The molecule has 1 unspecified atom stereocenters. The highest BCUT2D eigenvalue weighted by Crippen LogP contribution is 2.28. The third-order valence-electron chi connectivity index (χ3n) is 4.80. The topological polar surface area (TPSA) is 26.7 Å². The van der Waals surface area contributed by atoms with E-state index in [1.54, 1.807) is 0 Å². The molecule has 3 heteroatoms. The lowest BCUT2D eigenvalue weighted by atomic mass is 9.91. The minimum absolute atomic E-state index is 0.0102. The summed E-state index contributed by atoms with van der Waals surface area (Å²) < 4.78 is 0. The van der Waals surface area contributed by atoms with E-state index in [0.29, 0.717) is 0 Å². The second-order valence-electron chi connectivity index (χ2n) is 5.79. The SMILES string of the molecule is OC1CCC(N2CCN3CCCC3C2)CC1. The van der Waals surface area contributed by atoms with E-state index in [-0.39, 0.29) is 6.10 Å². The molecule has 1 N–H and O–H groups in total. The van der Waals surface area contributed by atoms with Crippen molar-refractivity contribution in [2.24, 2.45) is 0 Å². The Labute approximate surface area is 98.4 Å². The molecule has 1 aliphatic carbocycles. The van der Waals surface area contributed by atoms with Crippen LogP contribution in [-0.4, -0.2) is 59.3 Å². The average molecular weight is 224 g/mol. The van der Waals surface area contributed by atoms with Gasteiger partial charge in [-0.15, -0.1) is 0 Å². The van der Waals surface area contributed by atoms with Gasteiger partial charge in [0.1, 0.15) is 0 Å². The fourth-order valence-corrected chi connectivity index (χ4v) is 3.77. The molecular formula is C13H24N2O. The van der Waals surface area contributed by atoms with Gasteiger partial charge < -0.3 is 5.11 Å². The second-order valence-corrected chi connectivity index (χ2v) is 5.79. The van der Waals surface area contributed by atoms with Crippen molar-refractivity contribution < 1.29 is 5.11 Å². The van der Waals surface area contributed by atoms with Crippen LogP contribution in [0.1, 0.15) is 38.5 Å². The zero-order chi connectivity index (χ0) is 11.0. The summed E-state index contributed by atoms with van der Waals surface area (Å²) in [5, 5.41) is 9.55. The first-order chi connectivity index (χ1) is 7.83. The highest BCUT2D eigenvalue weighted by atomic mass is 16.3. The molecule has 3 nitrogen and oxygen atoms in total. The molecule has 16 heavy (non-hydrogen) atoms. The van der Waals surface area contributed by atoms with E-state index in [1.165, 1.54) is 51.9 Å². The van der Waals surface area contributed by atoms with Crippen molar-refractivity contribution in [3.8, 4) is 0 Å². The van der Waals surface area contributed by atoms with Crippen LogP contribution < -0.4 is 0 Å². The van der Waals surface area contributed by atoms with Gasteiger partial charge in [0, 0.05) is 31.7 Å². The molecule has 1 saturated carbocycles. The van der Waals surface area contributed by atoms with Gasteiger partial charge >= 0.3 is 0 Å². The summed E-state index contributed by atoms with van der Waals surface area (Å²) in [7, 11) is 0. The van der Waals surface area contributed by atoms with Crippen LogP contribution in [-0.2, 0) is 0 Å². The molecule has 3 fully saturated rings. The molecule has 0 bridgehead atoms. The predicted molar refractivity (Wildman–Crippen MR) is 64.4 cm³/mol. The first-order valence-electron chi connectivity index (χ1n) is 6.99. The summed E-state index contributed by atoms with van der Waals surface area (Å²) in [6.45, 7) is 5.17. The number of hydrogen-bond donors (Lipinski definition) is 1. The van der Waals surface area contributed by atoms with Gasteiger partial charge in [-0.2, -0.15) is 0 Å². The highest BCUT2D eigenvalue weighted by molar-refractivity contribution is 4.90. The predicted octanol–water partition coefficient (Wildman–Crippen LogP) is 1.07. The fourth-order valence-electron chi connectivity index (χ4n) is 3.77. The zero-order valence-electron chi connectivity index (χ0n) is 10.1. The number of aliphatic hydroxyl groups is 1. The molecular weight excluding hydrogens is 200 g/mol. The van der Waals surface area contributed by atoms with Gasteiger partial charge in [0.15, 0.2) is 0 Å². The first kappa shape index (κ1) is 11.0. The summed E-state index contributed by atoms with van der Waals surface area (Å²) in [5.41, 5.74) is 0. The van der Waals surface area contributed by atoms with E-state index in [9.17, 15) is 5.11 Å². The molecule has 0 spiro atoms. The molecule has 2 aliphatic heterocycles. The smallest absolute Gasteiger partial charge is 0.0541 e. The van der Waals surface area contributed by atoms with E-state index in [4.69, 9.17) is 0 Å². The lowest BCUT2D eigenvalue weighted by Gasteiger charge is -2.43. The Bertz CT molecular complexity index is 238. The lowest BCUT2D eigenvalue weighted by molar-refractivity contribution is 0.0309. The number of piperazine rings is 1. The van der Waals surface area contributed by atoms with Crippen LogP contribution in [0.4, 0.5) is 0 Å². The van der Waals surface area contributed by atoms with Gasteiger partial charge in [-0.25, -0.2) is 0 Å². The minimum atomic E-state index is -0.0102. The molecule has 0 aromatic heterocycles. The molecule has 0 amide bonds. The summed E-state index contributed by atoms with van der Waals surface area (Å²) in [5.74, 6) is 0. The van der Waals surface area contributed by atoms with Crippen LogP contribution in [0.3, 0.4) is 0 Å². The van der Waals surface area contributed by atoms with Crippen LogP contribution in [0, 0.1) is 0 Å². The first-order valence-corrected chi connectivity index (χ1v) is 6.99. The minimum Gasteiger partial charge on any atom is -0.393 e. The van der Waals surface area contributed by atoms with E-state index in [2.05, 4.69) is 9.80 Å². The molecule has 1 atom stereocenters. The number of hydrogen-bond acceptors (Lipinski definition) is 3. The maximum absolute atomic E-state index is 9.55. The average Bonchev–Trinajstić information content (AvgIpc) is 2.77. The summed E-state index contributed by atoms with van der Waals surface area (Å²) in [4.78, 5) is 5.38. The molecule has 0 radical (unpaired) electrons. The number of rotatable bonds is 1. The van der Waals surface area contributed by atoms with Crippen LogP contribution >= 0.6 is 0 Å². The maximum Gasteiger partial charge on any atom is 0.0541 e. The number of nitrogens with zero attached hydrogens (tertiary/aromatic N) is 2. The Balaban J connectivity index is 1.55. The molecule has 3 aliphatic rings. The third kappa shape index (κ3) is 2.13. The van der Waals surface area contributed by atoms with Crippen molar-refractivity contribution in [3.63, 3.8) is 0 Å². The van der Waals surface area contributed by atoms with E-state index < -0.39 is 0 Å². The summed E-state index contributed by atoms with van der Waals surface area (Å²) in [6.07, 6.45) is 7.28. The van der Waals surface area contributed by atoms with Gasteiger partial charge in [0.2, 0.25) is 0 Å². The third-order valence-corrected chi connectivity index (χ3v) is 4.80. The normalized spacial score (nSPS) is 42.2. The second kappa shape index (κ2) is 4.63. The maximum atomic E-state index is 9.55. The van der Waals surface area contributed by atoms with Crippen molar-refractivity contribution in [2.45, 2.75) is 56.7 Å². The number of aliphatic hydroxyl groups excluding tert-OH is 1. The van der Waals surface area contributed by atoms with Crippen molar-refractivity contribution >= 4 is 0 Å². The van der Waals surface area contributed by atoms with Gasteiger partial charge in [-0.05, 0) is 45.1 Å². The Morgan fingerprint density at radius 2 is 1.50 bits per heavy atom. The van der Waals surface area contributed by atoms with Crippen LogP contribution in [0.2, 0.25) is 0 Å². The molecule has 2 saturated heterocycles. The monoisotopic (exact) mass is 224 g/mol. The van der Waals surface area contributed by atoms with E-state index in [1.807, 2.05) is 0 Å². The van der Waals surface area contributed by atoms with Crippen LogP contribution in [0.15, 0.2) is 0 Å². The van der Waals surface area contributed by atoms with Crippen molar-refractivity contribution in [2.75, 3.05) is 26.2 Å². The Kier molecular flexibility index (Phi) is 3.18. The van der Waals surface area contributed by atoms with Gasteiger partial charge in [0.25, 0.3) is 0 Å². The van der Waals surface area contributed by atoms with Crippen LogP contribution in [0.25, 0.3) is 0 Å². The zero-order valence-corrected chi connectivity index (χ0v) is 10.1. The Morgan fingerprint density at radius 1 is 0.750 bits per heavy atom. The van der Waals surface area contributed by atoms with E-state index >= 15 is 0 Å². The van der Waals surface area contributed by atoms with Gasteiger partial charge in [-0.3, -0.25) is 9.80 Å². The van der Waals surface area contributed by atoms with E-state index in [0.717, 1.165) is 24.9 Å². The Hall–Kier alpha value is -0.120. The van der Waals surface area contributed by atoms with Crippen molar-refractivity contribution in [1.82, 2.24) is 9.80 Å². The quantitative estimate of drug-likeness (QED) is 0.722. The lowest BCUT2D eigenvalue weighted by Crippen LogP contribution is -2.54. The van der Waals surface area contributed by atoms with Gasteiger partial charge in [-0.1, -0.05) is 0 Å². The van der Waals surface area contributed by atoms with Gasteiger partial charge in [0.05, 0.1) is 6.10 Å². The summed E-state index contributed by atoms with van der Waals surface area (Å²) >= 11 is 0. The number of fused-ring (bicyclic) bond motifs is 1. The molecule has 92 valence electrons. The molecule has 0 aromatic rings. The fraction of sp³-hybridized carbons (Fsp3) is 1.00. The standard InChI is InChI=1S/C13H24N2O/c16-13-5-3-11(4-6-13)15-9-8-14-7-1-2-12(14)10-15/h11-13,16H,1-10H2. The molecule has 2 heterocycles. The molecule has 0 aromatic carbocycles. The largest absolute Gasteiger partial charge is 0.393 e. The molecule has 3 rings (SSSR count). The Morgan fingerprint density at radius 3 is 2.31 bits per heavy atom. The van der Waals surface area contributed by atoms with Crippen molar-refractivity contribution in [1.29, 1.82) is 0 Å².